The highest BCUT2D eigenvalue weighted by Crippen LogP contribution is 2.37. The largest absolute Gasteiger partial charge is 0.188 e. The molecule has 80 valence electrons. The van der Waals surface area contributed by atoms with Gasteiger partial charge in [0.05, 0.1) is 0 Å². The summed E-state index contributed by atoms with van der Waals surface area (Å²) in [4.78, 5) is 0. The number of hydrogen-bond donors (Lipinski definition) is 0. The Morgan fingerprint density at radius 2 is 1.53 bits per heavy atom. The Morgan fingerprint density at radius 3 is 2.47 bits per heavy atom. The monoisotopic (exact) mass is 216 g/mol. The van der Waals surface area contributed by atoms with Crippen LogP contribution in [0.4, 0.5) is 0 Å². The first-order valence-electron chi connectivity index (χ1n) is 6.32. The molecule has 1 aliphatic heterocycles. The molecule has 0 aromatic heterocycles. The average Bonchev–Trinajstić information content (AvgIpc) is 2.77. The van der Waals surface area contributed by atoms with E-state index in [9.17, 15) is 0 Å². The number of hydrogen-bond acceptors (Lipinski definition) is 0. The van der Waals surface area contributed by atoms with E-state index in [2.05, 4.69) is 48.5 Å². The van der Waals surface area contributed by atoms with E-state index < -0.39 is 0 Å². The second-order valence-corrected chi connectivity index (χ2v) is 4.97. The third kappa shape index (κ3) is 1.26. The van der Waals surface area contributed by atoms with Crippen molar-refractivity contribution in [2.75, 3.05) is 0 Å². The van der Waals surface area contributed by atoms with Gasteiger partial charge in [0.15, 0.2) is 7.28 Å². The van der Waals surface area contributed by atoms with Gasteiger partial charge in [-0.2, -0.15) is 0 Å². The molecule has 2 aliphatic rings. The molecule has 1 heteroatoms. The molecule has 0 amide bonds. The third-order valence-corrected chi connectivity index (χ3v) is 4.03. The maximum atomic E-state index is 2.28. The molecular formula is C16H13B. The summed E-state index contributed by atoms with van der Waals surface area (Å²) in [5.41, 5.74) is 9.14. The van der Waals surface area contributed by atoms with Crippen LogP contribution in [0.3, 0.4) is 0 Å². The molecule has 1 aliphatic carbocycles. The van der Waals surface area contributed by atoms with Gasteiger partial charge in [-0.3, -0.25) is 0 Å². The van der Waals surface area contributed by atoms with E-state index in [4.69, 9.17) is 0 Å². The van der Waals surface area contributed by atoms with Crippen LogP contribution in [0.15, 0.2) is 54.0 Å². The minimum atomic E-state index is 1.17. The Kier molecular flexibility index (Phi) is 1.84. The zero-order valence-corrected chi connectivity index (χ0v) is 9.74. The van der Waals surface area contributed by atoms with Gasteiger partial charge in [0.2, 0.25) is 0 Å². The Hall–Kier alpha value is -1.76. The summed E-state index contributed by atoms with van der Waals surface area (Å²) in [6, 6.07) is 17.7. The Labute approximate surface area is 102 Å². The summed E-state index contributed by atoms with van der Waals surface area (Å²) in [6.07, 6.45) is 2.45. The quantitative estimate of drug-likeness (QED) is 0.593. The SMILES string of the molecule is B1C2=C(c3ccccc31)c1ccccc1CC2. The molecule has 0 saturated heterocycles. The standard InChI is InChI=1S/C16H13B/c1-2-6-12-11(5-1)9-10-15-16(12)13-7-3-4-8-14(13)17-15/h1-8,17H,9-10H2. The van der Waals surface area contributed by atoms with Gasteiger partial charge in [-0.1, -0.05) is 59.5 Å². The van der Waals surface area contributed by atoms with Crippen molar-refractivity contribution in [1.29, 1.82) is 0 Å². The molecule has 0 spiro atoms. The molecule has 0 N–H and O–H groups in total. The molecule has 0 saturated carbocycles. The molecule has 0 atom stereocenters. The molecule has 0 nitrogen and oxygen atoms in total. The Morgan fingerprint density at radius 1 is 0.765 bits per heavy atom. The first-order chi connectivity index (χ1) is 8.43. The zero-order chi connectivity index (χ0) is 11.2. The lowest BCUT2D eigenvalue weighted by Crippen LogP contribution is -2.13. The fraction of sp³-hybridized carbons (Fsp3) is 0.125. The van der Waals surface area contributed by atoms with E-state index in [0.29, 0.717) is 0 Å². The van der Waals surface area contributed by atoms with Crippen LogP contribution in [-0.2, 0) is 6.42 Å². The predicted octanol–water partition coefficient (Wildman–Crippen LogP) is 2.47. The van der Waals surface area contributed by atoms with Gasteiger partial charge in [0.1, 0.15) is 0 Å². The van der Waals surface area contributed by atoms with Crippen LogP contribution >= 0.6 is 0 Å². The molecule has 2 aromatic carbocycles. The molecule has 0 radical (unpaired) electrons. The molecule has 17 heavy (non-hydrogen) atoms. The lowest BCUT2D eigenvalue weighted by Gasteiger charge is -2.19. The van der Waals surface area contributed by atoms with Crippen molar-refractivity contribution in [2.45, 2.75) is 12.8 Å². The highest BCUT2D eigenvalue weighted by atomic mass is 14.2. The third-order valence-electron chi connectivity index (χ3n) is 4.03. The van der Waals surface area contributed by atoms with E-state index in [1.807, 2.05) is 0 Å². The maximum Gasteiger partial charge on any atom is 0.188 e. The average molecular weight is 216 g/mol. The van der Waals surface area contributed by atoms with Crippen molar-refractivity contribution < 1.29 is 0 Å². The molecule has 2 aromatic rings. The molecular weight excluding hydrogens is 203 g/mol. The summed E-state index contributed by atoms with van der Waals surface area (Å²) in [6.45, 7) is 0. The maximum absolute atomic E-state index is 2.28. The van der Waals surface area contributed by atoms with Gasteiger partial charge < -0.3 is 0 Å². The fourth-order valence-electron chi connectivity index (χ4n) is 3.24. The first kappa shape index (κ1) is 9.29. The second kappa shape index (κ2) is 3.37. The van der Waals surface area contributed by atoms with E-state index >= 15 is 0 Å². The van der Waals surface area contributed by atoms with Crippen LogP contribution in [0.1, 0.15) is 23.1 Å². The van der Waals surface area contributed by atoms with Crippen LogP contribution in [-0.4, -0.2) is 7.28 Å². The van der Waals surface area contributed by atoms with Gasteiger partial charge in [-0.05, 0) is 35.1 Å². The molecule has 1 heterocycles. The number of aryl methyl sites for hydroxylation is 1. The van der Waals surface area contributed by atoms with Gasteiger partial charge in [0, 0.05) is 0 Å². The molecule has 0 bridgehead atoms. The van der Waals surface area contributed by atoms with Crippen LogP contribution in [0.25, 0.3) is 5.57 Å². The number of rotatable bonds is 0. The van der Waals surface area contributed by atoms with Crippen LogP contribution in [0.5, 0.6) is 0 Å². The minimum Gasteiger partial charge on any atom is -0.0910 e. The van der Waals surface area contributed by atoms with Crippen molar-refractivity contribution in [3.05, 3.63) is 70.7 Å². The summed E-state index contributed by atoms with van der Waals surface area (Å²) < 4.78 is 0. The predicted molar refractivity (Wildman–Crippen MR) is 74.0 cm³/mol. The second-order valence-electron chi connectivity index (χ2n) is 4.97. The summed E-state index contributed by atoms with van der Waals surface area (Å²) >= 11 is 0. The summed E-state index contributed by atoms with van der Waals surface area (Å²) in [5.74, 6) is 0. The van der Waals surface area contributed by atoms with Crippen molar-refractivity contribution >= 4 is 18.3 Å². The van der Waals surface area contributed by atoms with Crippen molar-refractivity contribution in [3.63, 3.8) is 0 Å². The topological polar surface area (TPSA) is 0 Å². The highest BCUT2D eigenvalue weighted by molar-refractivity contribution is 6.66. The molecule has 0 unspecified atom stereocenters. The van der Waals surface area contributed by atoms with Gasteiger partial charge in [0.25, 0.3) is 0 Å². The first-order valence-corrected chi connectivity index (χ1v) is 6.32. The lowest BCUT2D eigenvalue weighted by atomic mass is 9.64. The number of allylic oxidation sites excluding steroid dienone is 1. The van der Waals surface area contributed by atoms with E-state index in [0.717, 1.165) is 0 Å². The Bertz CT molecular complexity index is 637. The van der Waals surface area contributed by atoms with Crippen molar-refractivity contribution in [1.82, 2.24) is 0 Å². The van der Waals surface area contributed by atoms with E-state index in [1.54, 1.807) is 5.47 Å². The molecule has 4 rings (SSSR count). The van der Waals surface area contributed by atoms with E-state index in [1.165, 1.54) is 47.8 Å². The summed E-state index contributed by atoms with van der Waals surface area (Å²) in [5, 5.41) is 0. The Balaban J connectivity index is 2.00. The highest BCUT2D eigenvalue weighted by Gasteiger charge is 2.27. The zero-order valence-electron chi connectivity index (χ0n) is 9.74. The number of benzene rings is 2. The van der Waals surface area contributed by atoms with Crippen LogP contribution < -0.4 is 5.46 Å². The number of fused-ring (bicyclic) bond motifs is 4. The van der Waals surface area contributed by atoms with Crippen LogP contribution in [0, 0.1) is 0 Å². The van der Waals surface area contributed by atoms with Crippen LogP contribution in [0.2, 0.25) is 0 Å². The molecule has 0 fully saturated rings. The van der Waals surface area contributed by atoms with E-state index in [-0.39, 0.29) is 0 Å². The minimum absolute atomic E-state index is 1.17. The van der Waals surface area contributed by atoms with Gasteiger partial charge >= 0.3 is 0 Å². The van der Waals surface area contributed by atoms with Crippen molar-refractivity contribution in [3.8, 4) is 0 Å². The van der Waals surface area contributed by atoms with Gasteiger partial charge in [-0.25, -0.2) is 0 Å². The lowest BCUT2D eigenvalue weighted by molar-refractivity contribution is 0.963. The smallest absolute Gasteiger partial charge is 0.0910 e. The normalized spacial score (nSPS) is 16.0. The van der Waals surface area contributed by atoms with Gasteiger partial charge in [-0.15, -0.1) is 0 Å². The van der Waals surface area contributed by atoms with Crippen molar-refractivity contribution in [2.24, 2.45) is 0 Å². The fourth-order valence-corrected chi connectivity index (χ4v) is 3.24. The summed E-state index contributed by atoms with van der Waals surface area (Å²) in [7, 11) is 1.17.